The fourth-order valence-electron chi connectivity index (χ4n) is 4.29. The molecule has 142 valence electrons. The van der Waals surface area contributed by atoms with Gasteiger partial charge in [-0.2, -0.15) is 0 Å². The number of rotatable bonds is 5. The van der Waals surface area contributed by atoms with Crippen molar-refractivity contribution in [1.29, 1.82) is 0 Å². The second-order valence-electron chi connectivity index (χ2n) is 8.01. The number of piperidine rings is 1. The van der Waals surface area contributed by atoms with E-state index in [1.54, 1.807) is 0 Å². The van der Waals surface area contributed by atoms with Crippen LogP contribution < -0.4 is 5.32 Å². The summed E-state index contributed by atoms with van der Waals surface area (Å²) < 4.78 is 6.21. The number of thiophene rings is 1. The van der Waals surface area contributed by atoms with Gasteiger partial charge in [-0.1, -0.05) is 6.07 Å². The molecular formula is C20H28N2O3S. The van der Waals surface area contributed by atoms with Crippen molar-refractivity contribution in [3.8, 4) is 0 Å². The lowest BCUT2D eigenvalue weighted by molar-refractivity contribution is -0.125. The van der Waals surface area contributed by atoms with E-state index >= 15 is 0 Å². The minimum Gasteiger partial charge on any atom is -0.375 e. The average molecular weight is 377 g/mol. The van der Waals surface area contributed by atoms with Crippen LogP contribution in [0.3, 0.4) is 0 Å². The molecule has 2 aliphatic heterocycles. The van der Waals surface area contributed by atoms with Crippen LogP contribution in [0, 0.1) is 11.8 Å². The van der Waals surface area contributed by atoms with Crippen molar-refractivity contribution < 1.29 is 14.3 Å². The second kappa shape index (κ2) is 7.69. The molecule has 4 rings (SSSR count). The molecule has 2 saturated heterocycles. The minimum absolute atomic E-state index is 0.0599. The van der Waals surface area contributed by atoms with Crippen molar-refractivity contribution in [3.63, 3.8) is 0 Å². The SMILES string of the molecule is O=C(NCCC1CCOC2(CCN(C(=O)c3cccs3)CC2)C1)C1CC1. The third kappa shape index (κ3) is 4.12. The number of nitrogens with one attached hydrogen (secondary N) is 1. The van der Waals surface area contributed by atoms with Crippen molar-refractivity contribution in [3.05, 3.63) is 22.4 Å². The van der Waals surface area contributed by atoms with Crippen LogP contribution in [-0.4, -0.2) is 48.6 Å². The maximum absolute atomic E-state index is 12.5. The largest absolute Gasteiger partial charge is 0.375 e. The Bertz CT molecular complexity index is 633. The lowest BCUT2D eigenvalue weighted by Crippen LogP contribution is -2.50. The number of ether oxygens (including phenoxy) is 1. The van der Waals surface area contributed by atoms with E-state index in [1.807, 2.05) is 22.4 Å². The maximum Gasteiger partial charge on any atom is 0.263 e. The van der Waals surface area contributed by atoms with Gasteiger partial charge in [0, 0.05) is 32.2 Å². The molecule has 0 aromatic carbocycles. The van der Waals surface area contributed by atoms with Gasteiger partial charge in [0.05, 0.1) is 10.5 Å². The van der Waals surface area contributed by atoms with E-state index < -0.39 is 0 Å². The monoisotopic (exact) mass is 376 g/mol. The summed E-state index contributed by atoms with van der Waals surface area (Å²) in [6.45, 7) is 3.16. The van der Waals surface area contributed by atoms with Crippen LogP contribution in [0.1, 0.15) is 54.6 Å². The molecule has 1 aromatic rings. The van der Waals surface area contributed by atoms with Crippen LogP contribution in [0.4, 0.5) is 0 Å². The number of carbonyl (C=O) groups is 2. The summed E-state index contributed by atoms with van der Waals surface area (Å²) in [5.74, 6) is 1.31. The molecule has 1 N–H and O–H groups in total. The number of hydrogen-bond acceptors (Lipinski definition) is 4. The van der Waals surface area contributed by atoms with Crippen LogP contribution in [0.2, 0.25) is 0 Å². The molecule has 1 saturated carbocycles. The normalized spacial score (nSPS) is 25.2. The fourth-order valence-corrected chi connectivity index (χ4v) is 4.98. The van der Waals surface area contributed by atoms with Gasteiger partial charge in [0.15, 0.2) is 0 Å². The molecule has 1 spiro atoms. The highest BCUT2D eigenvalue weighted by Gasteiger charge is 2.41. The first-order valence-electron chi connectivity index (χ1n) is 9.90. The standard InChI is InChI=1S/C20H28N2O3S/c23-18(16-3-4-16)21-9-5-15-6-12-25-20(14-15)7-10-22(11-8-20)19(24)17-2-1-13-26-17/h1-2,13,15-16H,3-12,14H2,(H,21,23). The van der Waals surface area contributed by atoms with Crippen LogP contribution in [0.15, 0.2) is 17.5 Å². The Morgan fingerprint density at radius 1 is 1.27 bits per heavy atom. The number of carbonyl (C=O) groups excluding carboxylic acids is 2. The molecule has 0 bridgehead atoms. The quantitative estimate of drug-likeness (QED) is 0.859. The third-order valence-electron chi connectivity index (χ3n) is 6.09. The summed E-state index contributed by atoms with van der Waals surface area (Å²) >= 11 is 1.51. The van der Waals surface area contributed by atoms with Crippen molar-refractivity contribution in [2.75, 3.05) is 26.2 Å². The lowest BCUT2D eigenvalue weighted by Gasteiger charge is -2.46. The summed E-state index contributed by atoms with van der Waals surface area (Å²) in [4.78, 5) is 27.1. The van der Waals surface area contributed by atoms with Gasteiger partial charge >= 0.3 is 0 Å². The summed E-state index contributed by atoms with van der Waals surface area (Å²) in [7, 11) is 0. The first kappa shape index (κ1) is 18.0. The smallest absolute Gasteiger partial charge is 0.263 e. The van der Waals surface area contributed by atoms with Crippen molar-refractivity contribution >= 4 is 23.2 Å². The van der Waals surface area contributed by atoms with Gasteiger partial charge in [-0.3, -0.25) is 9.59 Å². The zero-order valence-corrected chi connectivity index (χ0v) is 16.1. The third-order valence-corrected chi connectivity index (χ3v) is 6.95. The Morgan fingerprint density at radius 2 is 2.08 bits per heavy atom. The van der Waals surface area contributed by atoms with Crippen LogP contribution >= 0.6 is 11.3 Å². The van der Waals surface area contributed by atoms with Crippen LogP contribution in [-0.2, 0) is 9.53 Å². The molecular weight excluding hydrogens is 348 g/mol. The molecule has 6 heteroatoms. The van der Waals surface area contributed by atoms with E-state index in [4.69, 9.17) is 4.74 Å². The molecule has 5 nitrogen and oxygen atoms in total. The molecule has 1 aliphatic carbocycles. The van der Waals surface area contributed by atoms with Gasteiger partial charge in [0.1, 0.15) is 0 Å². The Labute approximate surface area is 159 Å². The van der Waals surface area contributed by atoms with E-state index in [0.29, 0.717) is 11.8 Å². The van der Waals surface area contributed by atoms with Crippen molar-refractivity contribution in [2.24, 2.45) is 11.8 Å². The van der Waals surface area contributed by atoms with E-state index in [-0.39, 0.29) is 17.4 Å². The Balaban J connectivity index is 1.25. The Kier molecular flexibility index (Phi) is 5.32. The van der Waals surface area contributed by atoms with Gasteiger partial charge in [-0.05, 0) is 62.3 Å². The van der Waals surface area contributed by atoms with Crippen molar-refractivity contribution in [2.45, 2.75) is 50.5 Å². The zero-order chi connectivity index (χ0) is 18.0. The van der Waals surface area contributed by atoms with Crippen LogP contribution in [0.5, 0.6) is 0 Å². The highest BCUT2D eigenvalue weighted by molar-refractivity contribution is 7.12. The Morgan fingerprint density at radius 3 is 2.77 bits per heavy atom. The van der Waals surface area contributed by atoms with Gasteiger partial charge < -0.3 is 15.0 Å². The number of nitrogens with zero attached hydrogens (tertiary/aromatic N) is 1. The van der Waals surface area contributed by atoms with E-state index in [0.717, 1.165) is 76.1 Å². The topological polar surface area (TPSA) is 58.6 Å². The average Bonchev–Trinajstić information content (AvgIpc) is 3.36. The first-order valence-corrected chi connectivity index (χ1v) is 10.8. The van der Waals surface area contributed by atoms with Crippen molar-refractivity contribution in [1.82, 2.24) is 10.2 Å². The maximum atomic E-state index is 12.5. The molecule has 26 heavy (non-hydrogen) atoms. The zero-order valence-electron chi connectivity index (χ0n) is 15.2. The second-order valence-corrected chi connectivity index (χ2v) is 8.96. The molecule has 2 amide bonds. The van der Waals surface area contributed by atoms with Gasteiger partial charge in [0.2, 0.25) is 5.91 Å². The molecule has 3 aliphatic rings. The predicted octanol–water partition coefficient (Wildman–Crippen LogP) is 3.07. The molecule has 0 radical (unpaired) electrons. The minimum atomic E-state index is -0.0599. The van der Waals surface area contributed by atoms with Crippen LogP contribution in [0.25, 0.3) is 0 Å². The summed E-state index contributed by atoms with van der Waals surface area (Å²) in [5, 5.41) is 5.04. The summed E-state index contributed by atoms with van der Waals surface area (Å²) in [5.41, 5.74) is -0.0599. The van der Waals surface area contributed by atoms with Gasteiger partial charge in [0.25, 0.3) is 5.91 Å². The molecule has 1 aromatic heterocycles. The fraction of sp³-hybridized carbons (Fsp3) is 0.700. The molecule has 3 fully saturated rings. The molecule has 1 atom stereocenters. The van der Waals surface area contributed by atoms with Gasteiger partial charge in [-0.15, -0.1) is 11.3 Å². The highest BCUT2D eigenvalue weighted by Crippen LogP contribution is 2.39. The first-order chi connectivity index (χ1) is 12.7. The Hall–Kier alpha value is -1.40. The van der Waals surface area contributed by atoms with E-state index in [2.05, 4.69) is 5.32 Å². The summed E-state index contributed by atoms with van der Waals surface area (Å²) in [6, 6.07) is 3.83. The molecule has 1 unspecified atom stereocenters. The lowest BCUT2D eigenvalue weighted by atomic mass is 9.78. The predicted molar refractivity (Wildman–Crippen MR) is 101 cm³/mol. The number of likely N-dealkylation sites (tertiary alicyclic amines) is 1. The molecule has 3 heterocycles. The number of amides is 2. The summed E-state index contributed by atoms with van der Waals surface area (Å²) in [6.07, 6.45) is 7.16. The van der Waals surface area contributed by atoms with Gasteiger partial charge in [-0.25, -0.2) is 0 Å². The number of hydrogen-bond donors (Lipinski definition) is 1. The van der Waals surface area contributed by atoms with E-state index in [9.17, 15) is 9.59 Å². The van der Waals surface area contributed by atoms with E-state index in [1.165, 1.54) is 11.3 Å². The highest BCUT2D eigenvalue weighted by atomic mass is 32.1.